The molecule has 20 heavy (non-hydrogen) atoms. The highest BCUT2D eigenvalue weighted by molar-refractivity contribution is 5.37. The third kappa shape index (κ3) is 3.15. The van der Waals surface area contributed by atoms with Gasteiger partial charge >= 0.3 is 0 Å². The predicted molar refractivity (Wildman–Crippen MR) is 82.2 cm³/mol. The molecule has 2 aliphatic heterocycles. The number of para-hydroxylation sites is 1. The fourth-order valence-corrected chi connectivity index (χ4v) is 3.28. The zero-order valence-corrected chi connectivity index (χ0v) is 12.6. The van der Waals surface area contributed by atoms with Crippen LogP contribution in [-0.4, -0.2) is 43.2 Å². The summed E-state index contributed by atoms with van der Waals surface area (Å²) in [4.78, 5) is 2.58. The quantitative estimate of drug-likeness (QED) is 0.915. The summed E-state index contributed by atoms with van der Waals surface area (Å²) in [6, 6.07) is 9.06. The fourth-order valence-electron chi connectivity index (χ4n) is 3.28. The first-order valence-corrected chi connectivity index (χ1v) is 7.92. The van der Waals surface area contributed by atoms with Gasteiger partial charge in [0.1, 0.15) is 11.9 Å². The van der Waals surface area contributed by atoms with Gasteiger partial charge in [-0.1, -0.05) is 32.0 Å². The maximum absolute atomic E-state index is 6.08. The zero-order valence-electron chi connectivity index (χ0n) is 12.6. The van der Waals surface area contributed by atoms with Crippen LogP contribution < -0.4 is 10.1 Å². The van der Waals surface area contributed by atoms with Gasteiger partial charge in [-0.25, -0.2) is 0 Å². The lowest BCUT2D eigenvalue weighted by Gasteiger charge is -2.28. The van der Waals surface area contributed by atoms with E-state index in [-0.39, 0.29) is 0 Å². The number of benzene rings is 1. The number of hydrogen-bond donors (Lipinski definition) is 1. The van der Waals surface area contributed by atoms with Gasteiger partial charge in [0.2, 0.25) is 0 Å². The first kappa shape index (κ1) is 13.9. The van der Waals surface area contributed by atoms with Crippen LogP contribution in [0.15, 0.2) is 24.3 Å². The van der Waals surface area contributed by atoms with E-state index in [0.717, 1.165) is 31.8 Å². The molecular weight excluding hydrogens is 248 g/mol. The number of nitrogens with one attached hydrogen (secondary N) is 1. The van der Waals surface area contributed by atoms with Gasteiger partial charge in [-0.2, -0.15) is 0 Å². The van der Waals surface area contributed by atoms with Crippen LogP contribution in [0.1, 0.15) is 25.8 Å². The normalized spacial score (nSPS) is 27.1. The van der Waals surface area contributed by atoms with Gasteiger partial charge in [0.25, 0.3) is 0 Å². The molecule has 1 fully saturated rings. The van der Waals surface area contributed by atoms with Crippen molar-refractivity contribution in [2.75, 3.05) is 26.2 Å². The fraction of sp³-hybridized carbons (Fsp3) is 0.647. The van der Waals surface area contributed by atoms with Crippen molar-refractivity contribution in [2.24, 2.45) is 5.92 Å². The van der Waals surface area contributed by atoms with Gasteiger partial charge in [0.05, 0.1) is 0 Å². The van der Waals surface area contributed by atoms with Crippen LogP contribution in [0.2, 0.25) is 0 Å². The van der Waals surface area contributed by atoms with Crippen LogP contribution in [0.3, 0.4) is 0 Å². The molecule has 0 aliphatic carbocycles. The number of ether oxygens (including phenoxy) is 1. The van der Waals surface area contributed by atoms with Crippen LogP contribution in [0.4, 0.5) is 0 Å². The Morgan fingerprint density at radius 3 is 3.00 bits per heavy atom. The standard InChI is InChI=1S/C17H26N2O/c1-13(2)16-12-19(9-5-8-18-16)11-15-10-14-6-3-4-7-17(14)20-15/h3-4,6-7,13,15-16,18H,5,8-12H2,1-2H3. The maximum Gasteiger partial charge on any atom is 0.123 e. The second-order valence-electron chi connectivity index (χ2n) is 6.47. The molecule has 0 radical (unpaired) electrons. The van der Waals surface area contributed by atoms with Crippen LogP contribution in [0, 0.1) is 5.92 Å². The summed E-state index contributed by atoms with van der Waals surface area (Å²) in [5, 5.41) is 3.67. The minimum Gasteiger partial charge on any atom is -0.488 e. The van der Waals surface area contributed by atoms with E-state index in [9.17, 15) is 0 Å². The first-order chi connectivity index (χ1) is 9.72. The maximum atomic E-state index is 6.08. The summed E-state index contributed by atoms with van der Waals surface area (Å²) in [5.74, 6) is 1.78. The molecule has 2 unspecified atom stereocenters. The van der Waals surface area contributed by atoms with Gasteiger partial charge in [0, 0.05) is 25.6 Å². The molecule has 2 heterocycles. The van der Waals surface area contributed by atoms with Crippen molar-refractivity contribution in [3.63, 3.8) is 0 Å². The molecule has 0 amide bonds. The Kier molecular flexibility index (Phi) is 4.27. The van der Waals surface area contributed by atoms with Crippen molar-refractivity contribution in [3.05, 3.63) is 29.8 Å². The zero-order chi connectivity index (χ0) is 13.9. The molecule has 3 heteroatoms. The molecule has 1 aromatic rings. The third-order valence-electron chi connectivity index (χ3n) is 4.49. The molecule has 2 aliphatic rings. The van der Waals surface area contributed by atoms with Crippen LogP contribution >= 0.6 is 0 Å². The first-order valence-electron chi connectivity index (χ1n) is 7.92. The van der Waals surface area contributed by atoms with Crippen molar-refractivity contribution in [2.45, 2.75) is 38.8 Å². The summed E-state index contributed by atoms with van der Waals surface area (Å²) in [5.41, 5.74) is 1.37. The van der Waals surface area contributed by atoms with Crippen LogP contribution in [0.25, 0.3) is 0 Å². The highest BCUT2D eigenvalue weighted by Crippen LogP contribution is 2.28. The molecule has 0 saturated carbocycles. The largest absolute Gasteiger partial charge is 0.488 e. The van der Waals surface area contributed by atoms with Crippen molar-refractivity contribution in [1.82, 2.24) is 10.2 Å². The Balaban J connectivity index is 1.58. The van der Waals surface area contributed by atoms with Crippen molar-refractivity contribution < 1.29 is 4.74 Å². The third-order valence-corrected chi connectivity index (χ3v) is 4.49. The van der Waals surface area contributed by atoms with E-state index in [1.807, 2.05) is 0 Å². The molecular formula is C17H26N2O. The number of fused-ring (bicyclic) bond motifs is 1. The molecule has 3 nitrogen and oxygen atoms in total. The van der Waals surface area contributed by atoms with E-state index in [2.05, 4.69) is 48.3 Å². The van der Waals surface area contributed by atoms with Gasteiger partial charge in [-0.15, -0.1) is 0 Å². The predicted octanol–water partition coefficient (Wildman–Crippen LogP) is 2.31. The average Bonchev–Trinajstić information content (AvgIpc) is 2.68. The Morgan fingerprint density at radius 2 is 2.20 bits per heavy atom. The Bertz CT molecular complexity index is 421. The summed E-state index contributed by atoms with van der Waals surface area (Å²) in [6.07, 6.45) is 2.63. The van der Waals surface area contributed by atoms with Gasteiger partial charge in [-0.05, 0) is 37.1 Å². The SMILES string of the molecule is CC(C)C1CN(CC2Cc3ccccc3O2)CCCN1. The number of nitrogens with zero attached hydrogens (tertiary/aromatic N) is 1. The van der Waals surface area contributed by atoms with E-state index in [1.165, 1.54) is 18.5 Å². The Morgan fingerprint density at radius 1 is 1.35 bits per heavy atom. The van der Waals surface area contributed by atoms with E-state index in [4.69, 9.17) is 4.74 Å². The second kappa shape index (κ2) is 6.15. The minimum atomic E-state index is 0.332. The molecule has 1 aromatic carbocycles. The van der Waals surface area contributed by atoms with E-state index >= 15 is 0 Å². The smallest absolute Gasteiger partial charge is 0.123 e. The molecule has 0 aromatic heterocycles. The van der Waals surface area contributed by atoms with Gasteiger partial charge < -0.3 is 10.1 Å². The minimum absolute atomic E-state index is 0.332. The number of hydrogen-bond acceptors (Lipinski definition) is 3. The molecule has 0 bridgehead atoms. The summed E-state index contributed by atoms with van der Waals surface area (Å²) in [6.45, 7) is 9.15. The second-order valence-corrected chi connectivity index (χ2v) is 6.47. The molecule has 1 N–H and O–H groups in total. The van der Waals surface area contributed by atoms with Gasteiger partial charge in [-0.3, -0.25) is 4.90 Å². The molecule has 110 valence electrons. The molecule has 3 rings (SSSR count). The van der Waals surface area contributed by atoms with Crippen molar-refractivity contribution in [1.29, 1.82) is 0 Å². The molecule has 0 spiro atoms. The van der Waals surface area contributed by atoms with E-state index < -0.39 is 0 Å². The van der Waals surface area contributed by atoms with Crippen molar-refractivity contribution in [3.8, 4) is 5.75 Å². The lowest BCUT2D eigenvalue weighted by Crippen LogP contribution is -2.44. The summed E-state index contributed by atoms with van der Waals surface area (Å²) >= 11 is 0. The summed E-state index contributed by atoms with van der Waals surface area (Å²) in [7, 11) is 0. The highest BCUT2D eigenvalue weighted by Gasteiger charge is 2.27. The van der Waals surface area contributed by atoms with Crippen LogP contribution in [0.5, 0.6) is 5.75 Å². The molecule has 1 saturated heterocycles. The summed E-state index contributed by atoms with van der Waals surface area (Å²) < 4.78 is 6.08. The molecule has 2 atom stereocenters. The Labute approximate surface area is 122 Å². The van der Waals surface area contributed by atoms with E-state index in [1.54, 1.807) is 0 Å². The highest BCUT2D eigenvalue weighted by atomic mass is 16.5. The Hall–Kier alpha value is -1.06. The number of rotatable bonds is 3. The van der Waals surface area contributed by atoms with E-state index in [0.29, 0.717) is 18.1 Å². The topological polar surface area (TPSA) is 24.5 Å². The van der Waals surface area contributed by atoms with Crippen LogP contribution in [-0.2, 0) is 6.42 Å². The monoisotopic (exact) mass is 274 g/mol. The lowest BCUT2D eigenvalue weighted by atomic mass is 10.0. The lowest BCUT2D eigenvalue weighted by molar-refractivity contribution is 0.144. The average molecular weight is 274 g/mol. The van der Waals surface area contributed by atoms with Gasteiger partial charge in [0.15, 0.2) is 0 Å². The van der Waals surface area contributed by atoms with Crippen molar-refractivity contribution >= 4 is 0 Å².